The van der Waals surface area contributed by atoms with E-state index in [0.717, 1.165) is 60.9 Å². The minimum atomic E-state index is 0.554. The Morgan fingerprint density at radius 3 is 1.88 bits per heavy atom. The third-order valence-corrected chi connectivity index (χ3v) is 8.93. The van der Waals surface area contributed by atoms with Gasteiger partial charge in [0.1, 0.15) is 11.2 Å². The minimum absolute atomic E-state index is 0.554. The largest absolute Gasteiger partial charge is 0.456 e. The zero-order valence-electron chi connectivity index (χ0n) is 26.2. The quantitative estimate of drug-likeness (QED) is 0.190. The summed E-state index contributed by atoms with van der Waals surface area (Å²) in [5, 5.41) is 14.0. The summed E-state index contributed by atoms with van der Waals surface area (Å²) in [6.07, 6.45) is 0. The molecule has 5 heteroatoms. The molecule has 9 rings (SSSR count). The zero-order valence-corrected chi connectivity index (χ0v) is 26.2. The maximum Gasteiger partial charge on any atom is 0.164 e. The smallest absolute Gasteiger partial charge is 0.164 e. The number of furan rings is 1. The molecule has 0 saturated heterocycles. The van der Waals surface area contributed by atoms with Gasteiger partial charge < -0.3 is 4.42 Å². The standard InChI is InChI=1S/C44H26N4O/c45-27-28-9-6-14-31(23-28)33-15-7-16-35(25-33)43-46-42(30-11-2-1-3-12-30)47-44(48-43)36-21-22-38-40(26-36)49-39-18-8-17-37(41(38)39)34-20-19-29-10-4-5-13-32(29)24-34/h1-26H. The Hall–Kier alpha value is -6.90. The number of rotatable bonds is 5. The van der Waals surface area contributed by atoms with Gasteiger partial charge in [-0.15, -0.1) is 0 Å². The van der Waals surface area contributed by atoms with E-state index >= 15 is 0 Å². The number of nitrogens with zero attached hydrogens (tertiary/aromatic N) is 4. The molecule has 0 saturated carbocycles. The van der Waals surface area contributed by atoms with E-state index in [4.69, 9.17) is 19.4 Å². The third kappa shape index (κ3) is 5.18. The maximum atomic E-state index is 9.44. The van der Waals surface area contributed by atoms with Crippen LogP contribution in [0.25, 0.3) is 89.1 Å². The molecule has 228 valence electrons. The summed E-state index contributed by atoms with van der Waals surface area (Å²) in [4.78, 5) is 14.9. The van der Waals surface area contributed by atoms with Gasteiger partial charge in [-0.05, 0) is 75.5 Å². The Labute approximate surface area is 282 Å². The average Bonchev–Trinajstić information content (AvgIpc) is 3.56. The molecule has 0 aliphatic heterocycles. The van der Waals surface area contributed by atoms with E-state index in [1.54, 1.807) is 6.07 Å². The van der Waals surface area contributed by atoms with Crippen molar-refractivity contribution in [2.45, 2.75) is 0 Å². The van der Waals surface area contributed by atoms with Gasteiger partial charge >= 0.3 is 0 Å². The van der Waals surface area contributed by atoms with Crippen LogP contribution in [0.2, 0.25) is 0 Å². The van der Waals surface area contributed by atoms with Crippen molar-refractivity contribution in [2.75, 3.05) is 0 Å². The highest BCUT2D eigenvalue weighted by Crippen LogP contribution is 2.39. The van der Waals surface area contributed by atoms with Crippen molar-refractivity contribution in [1.82, 2.24) is 15.0 Å². The van der Waals surface area contributed by atoms with Gasteiger partial charge in [-0.3, -0.25) is 0 Å². The van der Waals surface area contributed by atoms with Crippen molar-refractivity contribution in [1.29, 1.82) is 5.26 Å². The Morgan fingerprint density at radius 1 is 0.429 bits per heavy atom. The Bertz CT molecular complexity index is 2740. The summed E-state index contributed by atoms with van der Waals surface area (Å²) in [5.74, 6) is 1.70. The topological polar surface area (TPSA) is 75.6 Å². The lowest BCUT2D eigenvalue weighted by Gasteiger charge is -2.10. The number of hydrogen-bond acceptors (Lipinski definition) is 5. The van der Waals surface area contributed by atoms with Gasteiger partial charge in [-0.1, -0.05) is 115 Å². The van der Waals surface area contributed by atoms with E-state index in [-0.39, 0.29) is 0 Å². The van der Waals surface area contributed by atoms with Gasteiger partial charge in [0, 0.05) is 27.5 Å². The lowest BCUT2D eigenvalue weighted by molar-refractivity contribution is 0.669. The third-order valence-electron chi connectivity index (χ3n) is 8.93. The summed E-state index contributed by atoms with van der Waals surface area (Å²) in [7, 11) is 0. The van der Waals surface area contributed by atoms with Crippen LogP contribution >= 0.6 is 0 Å². The van der Waals surface area contributed by atoms with Crippen molar-refractivity contribution in [3.63, 3.8) is 0 Å². The van der Waals surface area contributed by atoms with Gasteiger partial charge in [0.25, 0.3) is 0 Å². The van der Waals surface area contributed by atoms with Crippen molar-refractivity contribution < 1.29 is 4.42 Å². The Balaban J connectivity index is 1.18. The molecule has 7 aromatic carbocycles. The average molecular weight is 627 g/mol. The molecule has 0 spiro atoms. The molecule has 5 nitrogen and oxygen atoms in total. The van der Waals surface area contributed by atoms with Gasteiger partial charge in [0.15, 0.2) is 17.5 Å². The molecule has 0 atom stereocenters. The lowest BCUT2D eigenvalue weighted by atomic mass is 9.97. The van der Waals surface area contributed by atoms with Crippen LogP contribution in [0.3, 0.4) is 0 Å². The molecule has 49 heavy (non-hydrogen) atoms. The van der Waals surface area contributed by atoms with E-state index in [9.17, 15) is 5.26 Å². The molecule has 9 aromatic rings. The minimum Gasteiger partial charge on any atom is -0.456 e. The Morgan fingerprint density at radius 2 is 1.06 bits per heavy atom. The number of benzene rings is 7. The summed E-state index contributed by atoms with van der Waals surface area (Å²) < 4.78 is 6.48. The summed E-state index contributed by atoms with van der Waals surface area (Å²) >= 11 is 0. The SMILES string of the molecule is N#Cc1cccc(-c2cccc(-c3nc(-c4ccccc4)nc(-c4ccc5c(c4)oc4cccc(-c6ccc7ccccc7c6)c45)n3)c2)c1. The molecule has 0 unspecified atom stereocenters. The fraction of sp³-hybridized carbons (Fsp3) is 0. The number of fused-ring (bicyclic) bond motifs is 4. The maximum absolute atomic E-state index is 9.44. The van der Waals surface area contributed by atoms with E-state index in [1.807, 2.05) is 84.9 Å². The van der Waals surface area contributed by atoms with Crippen molar-refractivity contribution >= 4 is 32.7 Å². The first-order valence-electron chi connectivity index (χ1n) is 16.1. The zero-order chi connectivity index (χ0) is 32.7. The van der Waals surface area contributed by atoms with Crippen LogP contribution in [0, 0.1) is 11.3 Å². The highest BCUT2D eigenvalue weighted by molar-refractivity contribution is 6.13. The number of nitriles is 1. The first-order valence-corrected chi connectivity index (χ1v) is 16.1. The van der Waals surface area contributed by atoms with Gasteiger partial charge in [0.05, 0.1) is 11.6 Å². The molecule has 0 radical (unpaired) electrons. The van der Waals surface area contributed by atoms with Crippen LogP contribution in [0.1, 0.15) is 5.56 Å². The van der Waals surface area contributed by atoms with Gasteiger partial charge in [0.2, 0.25) is 0 Å². The molecule has 0 aliphatic rings. The first kappa shape index (κ1) is 28.3. The van der Waals surface area contributed by atoms with Gasteiger partial charge in [-0.25, -0.2) is 15.0 Å². The molecule has 2 heterocycles. The predicted octanol–water partition coefficient (Wildman–Crippen LogP) is 11.1. The van der Waals surface area contributed by atoms with Crippen LogP contribution in [0.15, 0.2) is 162 Å². The summed E-state index contributed by atoms with van der Waals surface area (Å²) in [5.41, 5.74) is 9.00. The molecule has 0 aliphatic carbocycles. The molecule has 0 fully saturated rings. The van der Waals surface area contributed by atoms with E-state index < -0.39 is 0 Å². The number of aromatic nitrogens is 3. The van der Waals surface area contributed by atoms with Crippen molar-refractivity contribution in [3.8, 4) is 62.5 Å². The van der Waals surface area contributed by atoms with Crippen LogP contribution in [-0.2, 0) is 0 Å². The highest BCUT2D eigenvalue weighted by atomic mass is 16.3. The van der Waals surface area contributed by atoms with E-state index in [2.05, 4.69) is 72.8 Å². The highest BCUT2D eigenvalue weighted by Gasteiger charge is 2.17. The second kappa shape index (κ2) is 11.7. The monoisotopic (exact) mass is 626 g/mol. The molecule has 0 N–H and O–H groups in total. The fourth-order valence-corrected chi connectivity index (χ4v) is 6.52. The second-order valence-corrected chi connectivity index (χ2v) is 12.0. The predicted molar refractivity (Wildman–Crippen MR) is 197 cm³/mol. The summed E-state index contributed by atoms with van der Waals surface area (Å²) in [6, 6.07) is 55.3. The van der Waals surface area contributed by atoms with Crippen LogP contribution in [0.5, 0.6) is 0 Å². The van der Waals surface area contributed by atoms with Crippen LogP contribution < -0.4 is 0 Å². The van der Waals surface area contributed by atoms with Crippen molar-refractivity contribution in [3.05, 3.63) is 163 Å². The van der Waals surface area contributed by atoms with Gasteiger partial charge in [-0.2, -0.15) is 5.26 Å². The molecule has 0 bridgehead atoms. The second-order valence-electron chi connectivity index (χ2n) is 12.0. The van der Waals surface area contributed by atoms with Crippen molar-refractivity contribution in [2.24, 2.45) is 0 Å². The van der Waals surface area contributed by atoms with E-state index in [1.165, 1.54) is 10.8 Å². The van der Waals surface area contributed by atoms with Crippen LogP contribution in [0.4, 0.5) is 0 Å². The lowest BCUT2D eigenvalue weighted by Crippen LogP contribution is -2.00. The summed E-state index contributed by atoms with van der Waals surface area (Å²) in [6.45, 7) is 0. The van der Waals surface area contributed by atoms with Crippen LogP contribution in [-0.4, -0.2) is 15.0 Å². The first-order chi connectivity index (χ1) is 24.2. The Kier molecular flexibility index (Phi) is 6.78. The van der Waals surface area contributed by atoms with E-state index in [0.29, 0.717) is 23.0 Å². The normalized spacial score (nSPS) is 11.2. The molecular weight excluding hydrogens is 601 g/mol. The molecule has 2 aromatic heterocycles. The molecule has 0 amide bonds. The fourth-order valence-electron chi connectivity index (χ4n) is 6.52. The molecular formula is C44H26N4O. The number of hydrogen-bond donors (Lipinski definition) is 0.